The number of aryl methyl sites for hydroxylation is 2. The van der Waals surface area contributed by atoms with E-state index >= 15 is 0 Å². The van der Waals surface area contributed by atoms with E-state index in [9.17, 15) is 4.79 Å². The average Bonchev–Trinajstić information content (AvgIpc) is 2.79. The fraction of sp³-hybridized carbons (Fsp3) is 0.500. The number of pyridine rings is 1. The lowest BCUT2D eigenvalue weighted by Gasteiger charge is -2.34. The molecule has 1 aliphatic rings. The van der Waals surface area contributed by atoms with Gasteiger partial charge in [0.15, 0.2) is 0 Å². The van der Waals surface area contributed by atoms with Crippen molar-refractivity contribution in [1.82, 2.24) is 20.4 Å². The quantitative estimate of drug-likeness (QED) is 0.868. The van der Waals surface area contributed by atoms with Crippen molar-refractivity contribution in [3.63, 3.8) is 0 Å². The number of piperazine rings is 1. The van der Waals surface area contributed by atoms with Crippen LogP contribution in [0, 0.1) is 13.8 Å². The maximum Gasteiger partial charge on any atom is 0.258 e. The molecule has 0 aliphatic carbocycles. The molecule has 0 aromatic carbocycles. The fourth-order valence-electron chi connectivity index (χ4n) is 2.68. The van der Waals surface area contributed by atoms with Crippen LogP contribution < -0.4 is 5.32 Å². The van der Waals surface area contributed by atoms with Crippen LogP contribution in [-0.2, 0) is 0 Å². The second-order valence-electron chi connectivity index (χ2n) is 5.31. The number of hydrogen-bond donors (Lipinski definition) is 1. The number of fused-ring (bicyclic) bond motifs is 1. The molecular formula is C14H19ClN4O2. The SMILES string of the molecule is Cc1cc(C(=O)N2CCNC[C@@H]2C)c2c(C)noc2n1.Cl. The zero-order valence-electron chi connectivity index (χ0n) is 12.3. The molecule has 0 unspecified atom stereocenters. The van der Waals surface area contributed by atoms with E-state index in [1.54, 1.807) is 0 Å². The summed E-state index contributed by atoms with van der Waals surface area (Å²) < 4.78 is 5.19. The minimum atomic E-state index is 0. The van der Waals surface area contributed by atoms with Crippen molar-refractivity contribution in [3.8, 4) is 0 Å². The largest absolute Gasteiger partial charge is 0.336 e. The predicted molar refractivity (Wildman–Crippen MR) is 81.9 cm³/mol. The molecule has 21 heavy (non-hydrogen) atoms. The van der Waals surface area contributed by atoms with Crippen molar-refractivity contribution >= 4 is 29.4 Å². The molecule has 2 aromatic heterocycles. The summed E-state index contributed by atoms with van der Waals surface area (Å²) in [5.41, 5.74) is 2.55. The van der Waals surface area contributed by atoms with E-state index in [4.69, 9.17) is 4.52 Å². The Morgan fingerprint density at radius 1 is 1.48 bits per heavy atom. The molecule has 114 valence electrons. The summed E-state index contributed by atoms with van der Waals surface area (Å²) in [4.78, 5) is 19.0. The highest BCUT2D eigenvalue weighted by Gasteiger charge is 2.27. The smallest absolute Gasteiger partial charge is 0.258 e. The Bertz CT molecular complexity index is 670. The number of carbonyl (C=O) groups excluding carboxylic acids is 1. The summed E-state index contributed by atoms with van der Waals surface area (Å²) in [7, 11) is 0. The van der Waals surface area contributed by atoms with Crippen molar-refractivity contribution < 1.29 is 9.32 Å². The van der Waals surface area contributed by atoms with Gasteiger partial charge in [-0.25, -0.2) is 4.98 Å². The summed E-state index contributed by atoms with van der Waals surface area (Å²) in [6.07, 6.45) is 0. The summed E-state index contributed by atoms with van der Waals surface area (Å²) >= 11 is 0. The number of halogens is 1. The summed E-state index contributed by atoms with van der Waals surface area (Å²) in [5, 5.41) is 7.94. The van der Waals surface area contributed by atoms with Crippen LogP contribution in [0.15, 0.2) is 10.6 Å². The molecule has 1 aliphatic heterocycles. The lowest BCUT2D eigenvalue weighted by atomic mass is 10.1. The zero-order valence-corrected chi connectivity index (χ0v) is 13.2. The highest BCUT2D eigenvalue weighted by molar-refractivity contribution is 6.06. The highest BCUT2D eigenvalue weighted by atomic mass is 35.5. The van der Waals surface area contributed by atoms with Gasteiger partial charge >= 0.3 is 0 Å². The van der Waals surface area contributed by atoms with Crippen LogP contribution in [0.5, 0.6) is 0 Å². The number of nitrogens with zero attached hydrogens (tertiary/aromatic N) is 3. The average molecular weight is 311 g/mol. The van der Waals surface area contributed by atoms with Gasteiger partial charge in [0.1, 0.15) is 0 Å². The van der Waals surface area contributed by atoms with Crippen LogP contribution in [-0.4, -0.2) is 46.6 Å². The minimum absolute atomic E-state index is 0. The molecule has 7 heteroatoms. The molecule has 0 radical (unpaired) electrons. The van der Waals surface area contributed by atoms with Gasteiger partial charge in [0.25, 0.3) is 11.6 Å². The molecule has 1 amide bonds. The second kappa shape index (κ2) is 5.99. The molecule has 6 nitrogen and oxygen atoms in total. The van der Waals surface area contributed by atoms with Gasteiger partial charge in [-0.15, -0.1) is 12.4 Å². The van der Waals surface area contributed by atoms with Crippen molar-refractivity contribution in [2.24, 2.45) is 0 Å². The predicted octanol–water partition coefficient (Wildman–Crippen LogP) is 1.70. The number of hydrogen-bond acceptors (Lipinski definition) is 5. The van der Waals surface area contributed by atoms with Gasteiger partial charge in [-0.3, -0.25) is 4.79 Å². The first-order valence-corrected chi connectivity index (χ1v) is 6.83. The Morgan fingerprint density at radius 3 is 2.95 bits per heavy atom. The van der Waals surface area contributed by atoms with Crippen LogP contribution >= 0.6 is 12.4 Å². The van der Waals surface area contributed by atoms with Gasteiger partial charge < -0.3 is 14.7 Å². The van der Waals surface area contributed by atoms with E-state index in [1.807, 2.05) is 24.8 Å². The maximum absolute atomic E-state index is 12.8. The van der Waals surface area contributed by atoms with E-state index in [2.05, 4.69) is 22.4 Å². The van der Waals surface area contributed by atoms with E-state index in [0.717, 1.165) is 24.2 Å². The normalized spacial score (nSPS) is 18.6. The van der Waals surface area contributed by atoms with Gasteiger partial charge in [0, 0.05) is 31.4 Å². The molecule has 1 N–H and O–H groups in total. The number of rotatable bonds is 1. The van der Waals surface area contributed by atoms with Gasteiger partial charge in [-0.05, 0) is 26.8 Å². The molecule has 1 fully saturated rings. The third kappa shape index (κ3) is 2.73. The Balaban J connectivity index is 0.00000161. The van der Waals surface area contributed by atoms with Crippen molar-refractivity contribution in [3.05, 3.63) is 23.0 Å². The zero-order chi connectivity index (χ0) is 14.3. The van der Waals surface area contributed by atoms with Gasteiger partial charge in [0.2, 0.25) is 0 Å². The van der Waals surface area contributed by atoms with E-state index in [-0.39, 0.29) is 24.4 Å². The van der Waals surface area contributed by atoms with Crippen molar-refractivity contribution in [2.45, 2.75) is 26.8 Å². The monoisotopic (exact) mass is 310 g/mol. The number of amides is 1. The molecule has 1 saturated heterocycles. The van der Waals surface area contributed by atoms with Crippen molar-refractivity contribution in [2.75, 3.05) is 19.6 Å². The Morgan fingerprint density at radius 2 is 2.24 bits per heavy atom. The first kappa shape index (κ1) is 15.7. The summed E-state index contributed by atoms with van der Waals surface area (Å²) in [6.45, 7) is 8.10. The molecule has 3 heterocycles. The lowest BCUT2D eigenvalue weighted by Crippen LogP contribution is -2.52. The summed E-state index contributed by atoms with van der Waals surface area (Å²) in [5.74, 6) is 0.0285. The Hall–Kier alpha value is -1.66. The Kier molecular flexibility index (Phi) is 4.49. The van der Waals surface area contributed by atoms with Gasteiger partial charge in [-0.2, -0.15) is 0 Å². The van der Waals surface area contributed by atoms with E-state index in [0.29, 0.717) is 23.5 Å². The van der Waals surface area contributed by atoms with Gasteiger partial charge in [-0.1, -0.05) is 5.16 Å². The molecule has 1 atom stereocenters. The second-order valence-corrected chi connectivity index (χ2v) is 5.31. The molecular weight excluding hydrogens is 292 g/mol. The van der Waals surface area contributed by atoms with Crippen LogP contribution in [0.25, 0.3) is 11.1 Å². The van der Waals surface area contributed by atoms with E-state index < -0.39 is 0 Å². The third-order valence-electron chi connectivity index (χ3n) is 3.74. The molecule has 0 spiro atoms. The van der Waals surface area contributed by atoms with Gasteiger partial charge in [0.05, 0.1) is 16.6 Å². The van der Waals surface area contributed by atoms with Crippen molar-refractivity contribution in [1.29, 1.82) is 0 Å². The van der Waals surface area contributed by atoms with Crippen LogP contribution in [0.2, 0.25) is 0 Å². The number of aromatic nitrogens is 2. The first-order chi connectivity index (χ1) is 9.58. The number of carbonyl (C=O) groups is 1. The highest BCUT2D eigenvalue weighted by Crippen LogP contribution is 2.24. The fourth-order valence-corrected chi connectivity index (χ4v) is 2.68. The third-order valence-corrected chi connectivity index (χ3v) is 3.74. The maximum atomic E-state index is 12.8. The van der Waals surface area contributed by atoms with Crippen LogP contribution in [0.4, 0.5) is 0 Å². The molecule has 3 rings (SSSR count). The minimum Gasteiger partial charge on any atom is -0.336 e. The summed E-state index contributed by atoms with van der Waals surface area (Å²) in [6, 6.07) is 2.00. The van der Waals surface area contributed by atoms with E-state index in [1.165, 1.54) is 0 Å². The lowest BCUT2D eigenvalue weighted by molar-refractivity contribution is 0.0657. The van der Waals surface area contributed by atoms with Crippen LogP contribution in [0.1, 0.15) is 28.7 Å². The van der Waals surface area contributed by atoms with Crippen LogP contribution in [0.3, 0.4) is 0 Å². The standard InChI is InChI=1S/C14H18N4O2.ClH/c1-8-6-11(12-10(3)17-20-13(12)16-8)14(19)18-5-4-15-7-9(18)2;/h6,9,15H,4-5,7H2,1-3H3;1H/t9-;/m0./s1. The topological polar surface area (TPSA) is 71.3 Å². The molecule has 2 aromatic rings. The number of nitrogens with one attached hydrogen (secondary N) is 1. The first-order valence-electron chi connectivity index (χ1n) is 6.83. The molecule has 0 bridgehead atoms. The molecule has 0 saturated carbocycles. The Labute approximate surface area is 129 Å².